The van der Waals surface area contributed by atoms with Crippen LogP contribution in [0.1, 0.15) is 12.5 Å². The number of aromatic amines is 1. The number of hydrogen-bond donors (Lipinski definition) is 1. The first kappa shape index (κ1) is 23.1. The molecule has 2 fully saturated rings. The summed E-state index contributed by atoms with van der Waals surface area (Å²) in [6.45, 7) is 6.04. The smallest absolute Gasteiger partial charge is 0.219 e. The van der Waals surface area contributed by atoms with Gasteiger partial charge in [-0.1, -0.05) is 30.3 Å². The summed E-state index contributed by atoms with van der Waals surface area (Å²) in [7, 11) is 0. The fourth-order valence-corrected chi connectivity index (χ4v) is 5.07. The summed E-state index contributed by atoms with van der Waals surface area (Å²) in [5.74, 6) is 0.601. The van der Waals surface area contributed by atoms with Crippen LogP contribution in [0.4, 0.5) is 5.69 Å². The maximum atomic E-state index is 11.4. The van der Waals surface area contributed by atoms with E-state index in [1.54, 1.807) is 11.8 Å². The van der Waals surface area contributed by atoms with Crippen LogP contribution < -0.4 is 9.64 Å². The Morgan fingerprint density at radius 2 is 1.78 bits per heavy atom. The maximum Gasteiger partial charge on any atom is 0.219 e. The second-order valence-corrected chi connectivity index (χ2v) is 9.58. The van der Waals surface area contributed by atoms with Gasteiger partial charge in [-0.3, -0.25) is 4.79 Å². The number of anilines is 1. The molecule has 7 heteroatoms. The molecule has 3 heterocycles. The third kappa shape index (κ3) is 4.52. The van der Waals surface area contributed by atoms with Crippen molar-refractivity contribution in [1.29, 1.82) is 5.26 Å². The van der Waals surface area contributed by atoms with Gasteiger partial charge in [0.15, 0.2) is 0 Å². The number of nitrogens with one attached hydrogen (secondary N) is 1. The highest BCUT2D eigenvalue weighted by Gasteiger charge is 2.30. The summed E-state index contributed by atoms with van der Waals surface area (Å²) in [6, 6.07) is 25.0. The average molecular weight is 493 g/mol. The molecule has 4 aromatic rings. The summed E-state index contributed by atoms with van der Waals surface area (Å²) in [4.78, 5) is 19.1. The van der Waals surface area contributed by atoms with Crippen molar-refractivity contribution in [3.05, 3.63) is 72.3 Å². The highest BCUT2D eigenvalue weighted by Crippen LogP contribution is 2.35. The van der Waals surface area contributed by atoms with E-state index in [1.807, 2.05) is 24.3 Å². The van der Waals surface area contributed by atoms with E-state index >= 15 is 0 Å². The van der Waals surface area contributed by atoms with Crippen molar-refractivity contribution in [3.63, 3.8) is 0 Å². The Morgan fingerprint density at radius 3 is 2.51 bits per heavy atom. The average Bonchev–Trinajstić information content (AvgIpc) is 3.35. The summed E-state index contributed by atoms with van der Waals surface area (Å²) < 4.78 is 11.5. The fourth-order valence-electron chi connectivity index (χ4n) is 5.07. The first-order valence-electron chi connectivity index (χ1n) is 12.6. The minimum absolute atomic E-state index is 0.0442. The number of amides is 1. The Morgan fingerprint density at radius 1 is 1.03 bits per heavy atom. The lowest BCUT2D eigenvalue weighted by Gasteiger charge is -2.38. The van der Waals surface area contributed by atoms with Crippen LogP contribution in [0.5, 0.6) is 5.75 Å². The number of aromatic nitrogens is 1. The van der Waals surface area contributed by atoms with Crippen LogP contribution in [-0.4, -0.2) is 61.3 Å². The number of likely N-dealkylation sites (tertiary alicyclic amines) is 1. The lowest BCUT2D eigenvalue weighted by Crippen LogP contribution is -2.55. The van der Waals surface area contributed by atoms with E-state index in [4.69, 9.17) is 9.47 Å². The minimum atomic E-state index is -0.0767. The van der Waals surface area contributed by atoms with Crippen LogP contribution in [-0.2, 0) is 9.53 Å². The third-order valence-corrected chi connectivity index (χ3v) is 7.22. The number of ether oxygens (including phenoxy) is 2. The van der Waals surface area contributed by atoms with Crippen molar-refractivity contribution in [1.82, 2.24) is 9.88 Å². The molecule has 2 aliphatic rings. The Bertz CT molecular complexity index is 1490. The van der Waals surface area contributed by atoms with Gasteiger partial charge < -0.3 is 24.3 Å². The predicted octanol–water partition coefficient (Wildman–Crippen LogP) is 4.82. The molecule has 1 aromatic heterocycles. The molecule has 37 heavy (non-hydrogen) atoms. The molecule has 0 saturated carbocycles. The van der Waals surface area contributed by atoms with Crippen molar-refractivity contribution in [2.45, 2.75) is 13.0 Å². The SMILES string of the molecule is CC(=O)N1CC(Oc2ccc(-c3cccc4[nH]c(-c5ccc(N6CCOCC6)cc5)cc34)cc2C#N)C1. The van der Waals surface area contributed by atoms with Crippen LogP contribution in [0.25, 0.3) is 33.3 Å². The zero-order valence-electron chi connectivity index (χ0n) is 20.7. The number of H-pyrrole nitrogens is 1. The Balaban J connectivity index is 1.26. The molecule has 2 aliphatic heterocycles. The highest BCUT2D eigenvalue weighted by atomic mass is 16.5. The van der Waals surface area contributed by atoms with Crippen LogP contribution in [0.3, 0.4) is 0 Å². The van der Waals surface area contributed by atoms with E-state index < -0.39 is 0 Å². The van der Waals surface area contributed by atoms with E-state index in [2.05, 4.69) is 58.4 Å². The van der Waals surface area contributed by atoms with Crippen LogP contribution in [0.2, 0.25) is 0 Å². The highest BCUT2D eigenvalue weighted by molar-refractivity contribution is 5.98. The fraction of sp³-hybridized carbons (Fsp3) is 0.267. The van der Waals surface area contributed by atoms with Crippen LogP contribution >= 0.6 is 0 Å². The lowest BCUT2D eigenvalue weighted by atomic mass is 9.99. The molecular weight excluding hydrogens is 464 g/mol. The van der Waals surface area contributed by atoms with Crippen LogP contribution in [0.15, 0.2) is 66.7 Å². The summed E-state index contributed by atoms with van der Waals surface area (Å²) in [5, 5.41) is 10.9. The number of nitriles is 1. The maximum absolute atomic E-state index is 11.4. The van der Waals surface area contributed by atoms with E-state index in [0.29, 0.717) is 24.4 Å². The number of carbonyl (C=O) groups is 1. The predicted molar refractivity (Wildman–Crippen MR) is 144 cm³/mol. The number of fused-ring (bicyclic) bond motifs is 1. The molecule has 6 rings (SSSR count). The largest absolute Gasteiger partial charge is 0.485 e. The van der Waals surface area contributed by atoms with Gasteiger partial charge in [-0.2, -0.15) is 5.26 Å². The van der Waals surface area contributed by atoms with Gasteiger partial charge in [0.2, 0.25) is 5.91 Å². The van der Waals surface area contributed by atoms with Gasteiger partial charge in [-0.05, 0) is 53.1 Å². The monoisotopic (exact) mass is 492 g/mol. The molecule has 1 amide bonds. The van der Waals surface area contributed by atoms with Gasteiger partial charge in [0.25, 0.3) is 0 Å². The van der Waals surface area contributed by atoms with Gasteiger partial charge >= 0.3 is 0 Å². The molecule has 0 atom stereocenters. The molecular formula is C30H28N4O3. The summed E-state index contributed by atoms with van der Waals surface area (Å²) >= 11 is 0. The Labute approximate surface area is 215 Å². The summed E-state index contributed by atoms with van der Waals surface area (Å²) in [6.07, 6.45) is -0.0767. The molecule has 3 aromatic carbocycles. The number of carbonyl (C=O) groups excluding carboxylic acids is 1. The number of benzene rings is 3. The topological polar surface area (TPSA) is 81.6 Å². The molecule has 0 spiro atoms. The molecule has 2 saturated heterocycles. The van der Waals surface area contributed by atoms with E-state index in [-0.39, 0.29) is 12.0 Å². The van der Waals surface area contributed by atoms with Gasteiger partial charge in [0, 0.05) is 42.3 Å². The van der Waals surface area contributed by atoms with Crippen molar-refractivity contribution >= 4 is 22.5 Å². The number of nitrogens with zero attached hydrogens (tertiary/aromatic N) is 3. The normalized spacial score (nSPS) is 15.9. The molecule has 7 nitrogen and oxygen atoms in total. The standard InChI is InChI=1S/C30H28N4O3/c1-20(35)34-18-25(19-34)37-30-10-7-22(15-23(30)17-31)26-3-2-4-28-27(26)16-29(32-28)21-5-8-24(9-6-21)33-11-13-36-14-12-33/h2-10,15-16,25,32H,11-14,18-19H2,1H3. The van der Waals surface area contributed by atoms with E-state index in [0.717, 1.165) is 59.6 Å². The number of morpholine rings is 1. The summed E-state index contributed by atoms with van der Waals surface area (Å²) in [5.41, 5.74) is 6.94. The first-order valence-corrected chi connectivity index (χ1v) is 12.6. The number of rotatable bonds is 5. The quantitative estimate of drug-likeness (QED) is 0.432. The van der Waals surface area contributed by atoms with Gasteiger partial charge in [0.1, 0.15) is 17.9 Å². The second-order valence-electron chi connectivity index (χ2n) is 9.58. The van der Waals surface area contributed by atoms with Crippen molar-refractivity contribution in [2.75, 3.05) is 44.3 Å². The zero-order valence-corrected chi connectivity index (χ0v) is 20.7. The molecule has 0 radical (unpaired) electrons. The molecule has 186 valence electrons. The van der Waals surface area contributed by atoms with Gasteiger partial charge in [-0.15, -0.1) is 0 Å². The lowest BCUT2D eigenvalue weighted by molar-refractivity contribution is -0.137. The molecule has 0 unspecified atom stereocenters. The first-order chi connectivity index (χ1) is 18.1. The van der Waals surface area contributed by atoms with Crippen molar-refractivity contribution in [3.8, 4) is 34.2 Å². The number of hydrogen-bond acceptors (Lipinski definition) is 5. The van der Waals surface area contributed by atoms with E-state index in [9.17, 15) is 10.1 Å². The minimum Gasteiger partial charge on any atom is -0.485 e. The molecule has 1 N–H and O–H groups in total. The third-order valence-electron chi connectivity index (χ3n) is 7.22. The van der Waals surface area contributed by atoms with Crippen molar-refractivity contribution < 1.29 is 14.3 Å². The Kier molecular flexibility index (Phi) is 6.03. The van der Waals surface area contributed by atoms with E-state index in [1.165, 1.54) is 5.69 Å². The second kappa shape index (κ2) is 9.64. The van der Waals surface area contributed by atoms with Crippen LogP contribution in [0, 0.1) is 11.3 Å². The van der Waals surface area contributed by atoms with Gasteiger partial charge in [0.05, 0.1) is 31.9 Å². The zero-order chi connectivity index (χ0) is 25.4. The molecule has 0 bridgehead atoms. The Hall–Kier alpha value is -4.28. The molecule has 0 aliphatic carbocycles. The van der Waals surface area contributed by atoms with Gasteiger partial charge in [-0.25, -0.2) is 0 Å². The van der Waals surface area contributed by atoms with Crippen molar-refractivity contribution in [2.24, 2.45) is 0 Å².